The molecule has 0 radical (unpaired) electrons. The Morgan fingerprint density at radius 3 is 2.59 bits per heavy atom. The average Bonchev–Trinajstić information content (AvgIpc) is 3.05. The van der Waals surface area contributed by atoms with E-state index in [1.54, 1.807) is 18.2 Å². The Balaban J connectivity index is 2.00. The van der Waals surface area contributed by atoms with Gasteiger partial charge in [-0.2, -0.15) is 0 Å². The van der Waals surface area contributed by atoms with Crippen molar-refractivity contribution >= 4 is 40.6 Å². The molecule has 0 aliphatic carbocycles. The van der Waals surface area contributed by atoms with Gasteiger partial charge in [0.25, 0.3) is 11.1 Å². The second kappa shape index (κ2) is 7.52. The molecule has 7 heteroatoms. The Morgan fingerprint density at radius 2 is 1.96 bits per heavy atom. The number of hydrogen-bond acceptors (Lipinski definition) is 3. The van der Waals surface area contributed by atoms with E-state index in [2.05, 4.69) is 0 Å². The number of halogens is 2. The normalized spacial score (nSPS) is 17.3. The molecule has 1 aromatic carbocycles. The summed E-state index contributed by atoms with van der Waals surface area (Å²) in [7, 11) is 0. The fraction of sp³-hybridized carbons (Fsp3) is 0.300. The molecule has 142 valence electrons. The van der Waals surface area contributed by atoms with E-state index in [1.165, 1.54) is 11.0 Å². The lowest BCUT2D eigenvalue weighted by Crippen LogP contribution is -2.36. The molecule has 4 nitrogen and oxygen atoms in total. The molecule has 0 saturated carbocycles. The number of rotatable bonds is 4. The molecule has 2 amide bonds. The van der Waals surface area contributed by atoms with Crippen molar-refractivity contribution in [1.82, 2.24) is 9.47 Å². The Bertz CT molecular complexity index is 967. The lowest BCUT2D eigenvalue weighted by molar-refractivity contribution is -0.124. The predicted molar refractivity (Wildman–Crippen MR) is 108 cm³/mol. The van der Waals surface area contributed by atoms with Crippen molar-refractivity contribution in [2.45, 2.75) is 40.2 Å². The fourth-order valence-corrected chi connectivity index (χ4v) is 4.23. The highest BCUT2D eigenvalue weighted by atomic mass is 35.5. The highest BCUT2D eigenvalue weighted by Gasteiger charge is 2.37. The van der Waals surface area contributed by atoms with Crippen molar-refractivity contribution in [2.75, 3.05) is 0 Å². The van der Waals surface area contributed by atoms with Crippen LogP contribution in [0.2, 0.25) is 5.02 Å². The van der Waals surface area contributed by atoms with Crippen molar-refractivity contribution in [1.29, 1.82) is 0 Å². The van der Waals surface area contributed by atoms with Crippen LogP contribution in [-0.4, -0.2) is 26.7 Å². The van der Waals surface area contributed by atoms with Gasteiger partial charge in [-0.05, 0) is 74.9 Å². The van der Waals surface area contributed by atoms with Gasteiger partial charge in [0.15, 0.2) is 0 Å². The van der Waals surface area contributed by atoms with Crippen LogP contribution in [0.15, 0.2) is 29.2 Å². The maximum absolute atomic E-state index is 13.5. The molecule has 1 saturated heterocycles. The van der Waals surface area contributed by atoms with Gasteiger partial charge in [-0.15, -0.1) is 0 Å². The van der Waals surface area contributed by atoms with Crippen LogP contribution in [0, 0.1) is 19.7 Å². The van der Waals surface area contributed by atoms with E-state index in [0.29, 0.717) is 11.3 Å². The zero-order chi connectivity index (χ0) is 19.9. The smallest absolute Gasteiger partial charge is 0.293 e. The second-order valence-electron chi connectivity index (χ2n) is 6.57. The maximum atomic E-state index is 13.5. The largest absolute Gasteiger partial charge is 0.318 e. The topological polar surface area (TPSA) is 42.3 Å². The summed E-state index contributed by atoms with van der Waals surface area (Å²) in [4.78, 5) is 26.6. The molecule has 2 aromatic rings. The molecule has 1 aliphatic heterocycles. The summed E-state index contributed by atoms with van der Waals surface area (Å²) < 4.78 is 15.4. The van der Waals surface area contributed by atoms with Gasteiger partial charge in [-0.25, -0.2) is 4.39 Å². The fourth-order valence-electron chi connectivity index (χ4n) is 3.14. The molecule has 0 bridgehead atoms. The zero-order valence-electron chi connectivity index (χ0n) is 15.5. The lowest BCUT2D eigenvalue weighted by atomic mass is 10.2. The zero-order valence-corrected chi connectivity index (χ0v) is 17.1. The van der Waals surface area contributed by atoms with Crippen molar-refractivity contribution in [3.8, 4) is 5.69 Å². The molecule has 0 spiro atoms. The van der Waals surface area contributed by atoms with E-state index in [0.717, 1.165) is 34.4 Å². The summed E-state index contributed by atoms with van der Waals surface area (Å²) in [6.07, 6.45) is 2.46. The molecular formula is C20H20ClFN2O2S. The number of carbonyl (C=O) groups excluding carboxylic acids is 2. The van der Waals surface area contributed by atoms with Gasteiger partial charge in [0, 0.05) is 23.1 Å². The van der Waals surface area contributed by atoms with Gasteiger partial charge < -0.3 is 4.57 Å². The highest BCUT2D eigenvalue weighted by Crippen LogP contribution is 2.35. The number of imide groups is 1. The minimum absolute atomic E-state index is 0.0521. The number of benzene rings is 1. The first kappa shape index (κ1) is 19.7. The summed E-state index contributed by atoms with van der Waals surface area (Å²) in [5.74, 6) is -0.726. The highest BCUT2D eigenvalue weighted by molar-refractivity contribution is 8.18. The van der Waals surface area contributed by atoms with Crippen molar-refractivity contribution < 1.29 is 14.0 Å². The first-order valence-corrected chi connectivity index (χ1v) is 9.85. The molecule has 2 heterocycles. The third kappa shape index (κ3) is 3.56. The van der Waals surface area contributed by atoms with Crippen molar-refractivity contribution in [3.63, 3.8) is 0 Å². The number of aromatic nitrogens is 1. The van der Waals surface area contributed by atoms with Gasteiger partial charge in [0.1, 0.15) is 5.82 Å². The Hall–Kier alpha value is -2.05. The molecule has 1 atom stereocenters. The maximum Gasteiger partial charge on any atom is 0.293 e. The van der Waals surface area contributed by atoms with E-state index in [4.69, 9.17) is 11.6 Å². The molecule has 3 rings (SSSR count). The van der Waals surface area contributed by atoms with Crippen LogP contribution in [0.3, 0.4) is 0 Å². The Morgan fingerprint density at radius 1 is 1.26 bits per heavy atom. The first-order valence-electron chi connectivity index (χ1n) is 8.66. The lowest BCUT2D eigenvalue weighted by Gasteiger charge is -2.19. The third-order valence-electron chi connectivity index (χ3n) is 4.77. The van der Waals surface area contributed by atoms with Gasteiger partial charge in [0.2, 0.25) is 0 Å². The van der Waals surface area contributed by atoms with E-state index >= 15 is 0 Å². The van der Waals surface area contributed by atoms with Crippen molar-refractivity contribution in [2.24, 2.45) is 0 Å². The molecular weight excluding hydrogens is 387 g/mol. The standard InChI is InChI=1S/C20H20ClFN2O2S/c1-5-11(2)24-19(25)18(27-20(24)26)9-14-8-12(3)23(13(14)4)15-6-7-17(22)16(21)10-15/h6-11H,5H2,1-4H3/b18-9+/t11-/m1/s1. The van der Waals surface area contributed by atoms with Crippen LogP contribution in [0.5, 0.6) is 0 Å². The molecule has 1 fully saturated rings. The number of thioether (sulfide) groups is 1. The summed E-state index contributed by atoms with van der Waals surface area (Å²) in [5.41, 5.74) is 3.37. The molecule has 0 N–H and O–H groups in total. The second-order valence-corrected chi connectivity index (χ2v) is 7.97. The summed E-state index contributed by atoms with van der Waals surface area (Å²) in [6.45, 7) is 7.64. The summed E-state index contributed by atoms with van der Waals surface area (Å²) in [6, 6.07) is 6.36. The third-order valence-corrected chi connectivity index (χ3v) is 5.95. The van der Waals surface area contributed by atoms with Crippen LogP contribution in [0.25, 0.3) is 11.8 Å². The van der Waals surface area contributed by atoms with Crippen molar-refractivity contribution in [3.05, 3.63) is 57.0 Å². The van der Waals surface area contributed by atoms with Gasteiger partial charge in [0.05, 0.1) is 9.93 Å². The monoisotopic (exact) mass is 406 g/mol. The van der Waals surface area contributed by atoms with Gasteiger partial charge in [-0.3, -0.25) is 14.5 Å². The van der Waals surface area contributed by atoms with Crippen LogP contribution >= 0.6 is 23.4 Å². The number of aryl methyl sites for hydroxylation is 1. The minimum atomic E-state index is -0.471. The first-order chi connectivity index (χ1) is 12.7. The minimum Gasteiger partial charge on any atom is -0.318 e. The molecule has 0 unspecified atom stereocenters. The average molecular weight is 407 g/mol. The molecule has 27 heavy (non-hydrogen) atoms. The molecule has 1 aromatic heterocycles. The van der Waals surface area contributed by atoms with E-state index in [-0.39, 0.29) is 22.2 Å². The van der Waals surface area contributed by atoms with Gasteiger partial charge >= 0.3 is 0 Å². The van der Waals surface area contributed by atoms with Crippen LogP contribution in [0.1, 0.15) is 37.2 Å². The number of amides is 2. The Kier molecular flexibility index (Phi) is 5.49. The summed E-state index contributed by atoms with van der Waals surface area (Å²) in [5, 5.41) is -0.184. The van der Waals surface area contributed by atoms with Gasteiger partial charge in [-0.1, -0.05) is 18.5 Å². The quantitative estimate of drug-likeness (QED) is 0.609. The number of carbonyl (C=O) groups is 2. The molecule has 1 aliphatic rings. The van der Waals surface area contributed by atoms with E-state index in [9.17, 15) is 14.0 Å². The van der Waals surface area contributed by atoms with Crippen LogP contribution in [0.4, 0.5) is 9.18 Å². The predicted octanol–water partition coefficient (Wildman–Crippen LogP) is 5.72. The van der Waals surface area contributed by atoms with Crippen LogP contribution in [-0.2, 0) is 4.79 Å². The number of nitrogens with zero attached hydrogens (tertiary/aromatic N) is 2. The summed E-state index contributed by atoms with van der Waals surface area (Å²) >= 11 is 6.88. The SMILES string of the molecule is CC[C@@H](C)N1C(=O)S/C(=C/c2cc(C)n(-c3ccc(F)c(Cl)c3)c2C)C1=O. The van der Waals surface area contributed by atoms with Crippen LogP contribution < -0.4 is 0 Å². The van der Waals surface area contributed by atoms with E-state index < -0.39 is 5.82 Å². The number of hydrogen-bond donors (Lipinski definition) is 0. The Labute approximate surface area is 167 Å². The van der Waals surface area contributed by atoms with E-state index in [1.807, 2.05) is 38.3 Å².